The van der Waals surface area contributed by atoms with Gasteiger partial charge in [0, 0.05) is 5.56 Å². The van der Waals surface area contributed by atoms with Gasteiger partial charge in [0.15, 0.2) is 0 Å². The highest BCUT2D eigenvalue weighted by molar-refractivity contribution is 6.83. The van der Waals surface area contributed by atoms with Crippen molar-refractivity contribution < 1.29 is 27.2 Å². The van der Waals surface area contributed by atoms with E-state index in [2.05, 4.69) is 16.8 Å². The fourth-order valence-corrected chi connectivity index (χ4v) is 2.93. The lowest BCUT2D eigenvalue weighted by Gasteiger charge is -2.12. The number of para-hydroxylation sites is 1. The average molecular weight is 457 g/mol. The van der Waals surface area contributed by atoms with Crippen molar-refractivity contribution in [2.45, 2.75) is 25.8 Å². The molecule has 0 spiro atoms. The quantitative estimate of drug-likeness (QED) is 0.346. The van der Waals surface area contributed by atoms with Gasteiger partial charge < -0.3 is 5.32 Å². The van der Waals surface area contributed by atoms with Crippen LogP contribution in [0.5, 0.6) is 0 Å². The number of urea groups is 1. The lowest BCUT2D eigenvalue weighted by atomic mass is 10.1. The van der Waals surface area contributed by atoms with Crippen molar-refractivity contribution in [2.24, 2.45) is 0 Å². The molecule has 3 amide bonds. The lowest BCUT2D eigenvalue weighted by Crippen LogP contribution is -2.35. The summed E-state index contributed by atoms with van der Waals surface area (Å²) in [4.78, 5) is 24.3. The number of alkyl halides is 3. The number of hydrogen-bond acceptors (Lipinski definition) is 2. The fraction of sp³-hybridized carbons (Fsp3) is 0.200. The second-order valence-electron chi connectivity index (χ2n) is 7.26. The predicted molar refractivity (Wildman–Crippen MR) is 110 cm³/mol. The van der Waals surface area contributed by atoms with Crippen LogP contribution in [0, 0.1) is 17.3 Å². The van der Waals surface area contributed by atoms with Crippen molar-refractivity contribution >= 4 is 37.3 Å². The lowest BCUT2D eigenvalue weighted by molar-refractivity contribution is -0.137. The largest absolute Gasteiger partial charge is 0.416 e. The number of nitrogens with one attached hydrogen (secondary N) is 2. The number of carbonyl (C=O) groups is 2. The monoisotopic (exact) mass is 456 g/mol. The summed E-state index contributed by atoms with van der Waals surface area (Å²) in [5, 5.41) is 4.41. The van der Waals surface area contributed by atoms with Gasteiger partial charge >= 0.3 is 12.2 Å². The molecule has 0 fully saturated rings. The zero-order valence-electron chi connectivity index (χ0n) is 16.2. The van der Waals surface area contributed by atoms with Gasteiger partial charge in [-0.2, -0.15) is 13.2 Å². The molecule has 158 valence electrons. The van der Waals surface area contributed by atoms with E-state index in [-0.39, 0.29) is 16.8 Å². The maximum atomic E-state index is 13.9. The van der Waals surface area contributed by atoms with Gasteiger partial charge in [-0.15, -0.1) is 5.54 Å². The summed E-state index contributed by atoms with van der Waals surface area (Å²) in [6.45, 7) is 6.09. The van der Waals surface area contributed by atoms with E-state index in [1.807, 2.05) is 25.0 Å². The molecule has 2 aromatic rings. The first kappa shape index (κ1) is 23.4. The number of benzene rings is 2. The SMILES string of the molecule is C[Si](C)(C)C#Cc1cccc(Cl)c1NC(=O)NC(=O)c1ccc(C(F)(F)F)cc1F. The van der Waals surface area contributed by atoms with Crippen LogP contribution in [-0.2, 0) is 6.18 Å². The smallest absolute Gasteiger partial charge is 0.305 e. The molecule has 0 aromatic heterocycles. The molecule has 0 radical (unpaired) electrons. The summed E-state index contributed by atoms with van der Waals surface area (Å²) in [5.41, 5.74) is 1.74. The maximum absolute atomic E-state index is 13.9. The molecule has 0 atom stereocenters. The van der Waals surface area contributed by atoms with Gasteiger partial charge in [-0.05, 0) is 30.3 Å². The number of halogens is 5. The minimum absolute atomic E-state index is 0.156. The second kappa shape index (κ2) is 8.89. The highest BCUT2D eigenvalue weighted by Crippen LogP contribution is 2.30. The summed E-state index contributed by atoms with van der Waals surface area (Å²) >= 11 is 6.11. The number of carbonyl (C=O) groups excluding carboxylic acids is 2. The first-order chi connectivity index (χ1) is 13.8. The summed E-state index contributed by atoms with van der Waals surface area (Å²) < 4.78 is 51.8. The summed E-state index contributed by atoms with van der Waals surface area (Å²) in [6, 6.07) is 5.13. The molecule has 4 nitrogen and oxygen atoms in total. The van der Waals surface area contributed by atoms with Crippen LogP contribution in [0.4, 0.5) is 28.0 Å². The number of imide groups is 1. The van der Waals surface area contributed by atoms with E-state index in [0.717, 1.165) is 0 Å². The Kier molecular flexibility index (Phi) is 6.95. The van der Waals surface area contributed by atoms with E-state index < -0.39 is 43.1 Å². The highest BCUT2D eigenvalue weighted by Gasteiger charge is 2.31. The molecule has 0 aliphatic carbocycles. The molecular weight excluding hydrogens is 440 g/mol. The standard InChI is InChI=1S/C20H17ClF4N2O2Si/c1-30(2,3)10-9-12-5-4-6-15(21)17(12)26-19(29)27-18(28)14-8-7-13(11-16(14)22)20(23,24)25/h4-8,11H,1-3H3,(H2,26,27,28,29). The Morgan fingerprint density at radius 3 is 2.33 bits per heavy atom. The molecular formula is C20H17ClF4N2O2Si. The summed E-state index contributed by atoms with van der Waals surface area (Å²) in [5.74, 6) is 0.332. The second-order valence-corrected chi connectivity index (χ2v) is 12.4. The van der Waals surface area contributed by atoms with Crippen molar-refractivity contribution in [3.8, 4) is 11.5 Å². The molecule has 0 saturated carbocycles. The average Bonchev–Trinajstić information content (AvgIpc) is 2.60. The maximum Gasteiger partial charge on any atom is 0.416 e. The summed E-state index contributed by atoms with van der Waals surface area (Å²) in [6.07, 6.45) is -4.76. The van der Waals surface area contributed by atoms with Crippen LogP contribution >= 0.6 is 11.6 Å². The molecule has 0 saturated heterocycles. The minimum Gasteiger partial charge on any atom is -0.305 e. The first-order valence-corrected chi connectivity index (χ1v) is 12.5. The Balaban J connectivity index is 2.20. The van der Waals surface area contributed by atoms with E-state index in [1.54, 1.807) is 12.1 Å². The van der Waals surface area contributed by atoms with E-state index in [1.165, 1.54) is 6.07 Å². The van der Waals surface area contributed by atoms with Crippen molar-refractivity contribution in [3.63, 3.8) is 0 Å². The third-order valence-electron chi connectivity index (χ3n) is 3.59. The Bertz CT molecular complexity index is 1050. The fourth-order valence-electron chi connectivity index (χ4n) is 2.20. The molecule has 10 heteroatoms. The molecule has 0 aliphatic rings. The molecule has 30 heavy (non-hydrogen) atoms. The van der Waals surface area contributed by atoms with E-state index in [0.29, 0.717) is 17.7 Å². The molecule has 0 unspecified atom stereocenters. The Hall–Kier alpha value is -2.83. The third-order valence-corrected chi connectivity index (χ3v) is 4.78. The Morgan fingerprint density at radius 2 is 1.77 bits per heavy atom. The summed E-state index contributed by atoms with van der Waals surface area (Å²) in [7, 11) is -1.72. The van der Waals surface area contributed by atoms with Gasteiger partial charge in [0.2, 0.25) is 0 Å². The molecule has 0 bridgehead atoms. The van der Waals surface area contributed by atoms with E-state index >= 15 is 0 Å². The van der Waals surface area contributed by atoms with Crippen LogP contribution in [0.15, 0.2) is 36.4 Å². The van der Waals surface area contributed by atoms with Crippen LogP contribution in [0.2, 0.25) is 24.7 Å². The number of hydrogen-bond donors (Lipinski definition) is 2. The van der Waals surface area contributed by atoms with Crippen LogP contribution in [0.25, 0.3) is 0 Å². The van der Waals surface area contributed by atoms with Crippen molar-refractivity contribution in [2.75, 3.05) is 5.32 Å². The molecule has 2 aromatic carbocycles. The van der Waals surface area contributed by atoms with Gasteiger partial charge in [0.1, 0.15) is 13.9 Å². The van der Waals surface area contributed by atoms with Crippen molar-refractivity contribution in [3.05, 3.63) is 63.9 Å². The molecule has 2 rings (SSSR count). The minimum atomic E-state index is -4.76. The Morgan fingerprint density at radius 1 is 1.10 bits per heavy atom. The molecule has 2 N–H and O–H groups in total. The van der Waals surface area contributed by atoms with Crippen molar-refractivity contribution in [1.82, 2.24) is 5.32 Å². The van der Waals surface area contributed by atoms with Gasteiger partial charge in [-0.1, -0.05) is 43.2 Å². The number of rotatable bonds is 2. The van der Waals surface area contributed by atoms with Crippen molar-refractivity contribution in [1.29, 1.82) is 0 Å². The van der Waals surface area contributed by atoms with Crippen LogP contribution in [-0.4, -0.2) is 20.0 Å². The van der Waals surface area contributed by atoms with Gasteiger partial charge in [-0.3, -0.25) is 10.1 Å². The first-order valence-electron chi connectivity index (χ1n) is 8.59. The van der Waals surface area contributed by atoms with Crippen LogP contribution in [0.1, 0.15) is 21.5 Å². The van der Waals surface area contributed by atoms with Gasteiger partial charge in [-0.25, -0.2) is 9.18 Å². The van der Waals surface area contributed by atoms with Crippen LogP contribution in [0.3, 0.4) is 0 Å². The topological polar surface area (TPSA) is 58.2 Å². The van der Waals surface area contributed by atoms with Gasteiger partial charge in [0.25, 0.3) is 5.91 Å². The van der Waals surface area contributed by atoms with Gasteiger partial charge in [0.05, 0.1) is 21.8 Å². The highest BCUT2D eigenvalue weighted by atomic mass is 35.5. The zero-order valence-corrected chi connectivity index (χ0v) is 17.9. The number of anilines is 1. The molecule has 0 heterocycles. The third kappa shape index (κ3) is 6.34. The zero-order chi connectivity index (χ0) is 22.7. The number of amides is 3. The normalized spacial score (nSPS) is 11.3. The predicted octanol–water partition coefficient (Wildman–Crippen LogP) is 5.69. The Labute approximate surface area is 176 Å². The van der Waals surface area contributed by atoms with E-state index in [9.17, 15) is 27.2 Å². The molecule has 0 aliphatic heterocycles. The van der Waals surface area contributed by atoms with E-state index in [4.69, 9.17) is 11.6 Å². The van der Waals surface area contributed by atoms with Crippen LogP contribution < -0.4 is 10.6 Å².